The fraction of sp³-hybridized carbons (Fsp3) is 0.217. The highest BCUT2D eigenvalue weighted by Gasteiger charge is 2.34. The zero-order valence-electron chi connectivity index (χ0n) is 13.7. The number of benzene rings is 3. The maximum Gasteiger partial charge on any atom is 0.0152 e. The average molecular weight is 296 g/mol. The third-order valence-electron chi connectivity index (χ3n) is 5.76. The van der Waals surface area contributed by atoms with Crippen molar-refractivity contribution in [1.82, 2.24) is 0 Å². The lowest BCUT2D eigenvalue weighted by Gasteiger charge is -2.35. The van der Waals surface area contributed by atoms with Gasteiger partial charge in [0, 0.05) is 5.41 Å². The van der Waals surface area contributed by atoms with Crippen molar-refractivity contribution in [2.24, 2.45) is 0 Å². The van der Waals surface area contributed by atoms with Crippen molar-refractivity contribution in [3.05, 3.63) is 94.0 Å². The molecule has 0 fully saturated rings. The van der Waals surface area contributed by atoms with Crippen LogP contribution in [0.2, 0.25) is 0 Å². The molecule has 112 valence electrons. The number of hydrogen-bond donors (Lipinski definition) is 0. The fourth-order valence-corrected chi connectivity index (χ4v) is 4.60. The summed E-state index contributed by atoms with van der Waals surface area (Å²) in [5.41, 5.74) is 11.9. The van der Waals surface area contributed by atoms with Crippen molar-refractivity contribution in [3.8, 4) is 11.1 Å². The van der Waals surface area contributed by atoms with Gasteiger partial charge in [0.25, 0.3) is 0 Å². The summed E-state index contributed by atoms with van der Waals surface area (Å²) in [6.07, 6.45) is 2.15. The van der Waals surface area contributed by atoms with E-state index in [1.54, 1.807) is 0 Å². The molecule has 5 rings (SSSR count). The minimum atomic E-state index is 0.0801. The molecule has 0 aliphatic heterocycles. The van der Waals surface area contributed by atoms with Crippen molar-refractivity contribution >= 4 is 0 Å². The first kappa shape index (κ1) is 13.1. The first-order valence-corrected chi connectivity index (χ1v) is 8.47. The fourth-order valence-electron chi connectivity index (χ4n) is 4.60. The van der Waals surface area contributed by atoms with Crippen molar-refractivity contribution in [2.75, 3.05) is 0 Å². The van der Waals surface area contributed by atoms with E-state index in [9.17, 15) is 0 Å². The van der Waals surface area contributed by atoms with Crippen LogP contribution in [0.1, 0.15) is 47.2 Å². The quantitative estimate of drug-likeness (QED) is 0.402. The zero-order chi connectivity index (χ0) is 15.6. The lowest BCUT2D eigenvalue weighted by molar-refractivity contribution is 0.610. The smallest absolute Gasteiger partial charge is 0.0152 e. The lowest BCUT2D eigenvalue weighted by atomic mass is 9.68. The molecule has 2 aliphatic carbocycles. The highest BCUT2D eigenvalue weighted by atomic mass is 14.4. The molecule has 0 saturated carbocycles. The highest BCUT2D eigenvalue weighted by molar-refractivity contribution is 5.78. The van der Waals surface area contributed by atoms with Crippen LogP contribution in [0.5, 0.6) is 0 Å². The molecular weight excluding hydrogens is 276 g/mol. The second-order valence-corrected chi connectivity index (χ2v) is 7.46. The van der Waals surface area contributed by atoms with Gasteiger partial charge >= 0.3 is 0 Å². The summed E-state index contributed by atoms with van der Waals surface area (Å²) in [7, 11) is 0. The Balaban J connectivity index is 1.76. The molecular formula is C23H20. The highest BCUT2D eigenvalue weighted by Crippen LogP contribution is 2.46. The van der Waals surface area contributed by atoms with E-state index in [4.69, 9.17) is 0 Å². The van der Waals surface area contributed by atoms with Gasteiger partial charge in [0.05, 0.1) is 0 Å². The van der Waals surface area contributed by atoms with Gasteiger partial charge in [-0.05, 0) is 63.4 Å². The Labute approximate surface area is 137 Å². The van der Waals surface area contributed by atoms with Crippen LogP contribution >= 0.6 is 0 Å². The van der Waals surface area contributed by atoms with Crippen molar-refractivity contribution < 1.29 is 0 Å². The third kappa shape index (κ3) is 1.72. The molecule has 0 heteroatoms. The minimum absolute atomic E-state index is 0.0801. The topological polar surface area (TPSA) is 0 Å². The number of fused-ring (bicyclic) bond motifs is 5. The predicted octanol–water partition coefficient (Wildman–Crippen LogP) is 5.49. The van der Waals surface area contributed by atoms with Crippen LogP contribution in [0.15, 0.2) is 60.7 Å². The third-order valence-corrected chi connectivity index (χ3v) is 5.76. The molecule has 0 heterocycles. The molecule has 0 atom stereocenters. The molecule has 3 aromatic carbocycles. The van der Waals surface area contributed by atoms with Crippen LogP contribution in [0.4, 0.5) is 0 Å². The van der Waals surface area contributed by atoms with Crippen LogP contribution < -0.4 is 0 Å². The number of hydrogen-bond acceptors (Lipinski definition) is 0. The summed E-state index contributed by atoms with van der Waals surface area (Å²) in [5.74, 6) is 0. The van der Waals surface area contributed by atoms with Crippen molar-refractivity contribution in [2.45, 2.75) is 32.1 Å². The summed E-state index contributed by atoms with van der Waals surface area (Å²) < 4.78 is 0. The predicted molar refractivity (Wildman–Crippen MR) is 96.1 cm³/mol. The first-order chi connectivity index (χ1) is 11.1. The van der Waals surface area contributed by atoms with Crippen LogP contribution in [0.25, 0.3) is 11.1 Å². The molecule has 0 amide bonds. The van der Waals surface area contributed by atoms with Gasteiger partial charge in [-0.1, -0.05) is 68.4 Å². The van der Waals surface area contributed by atoms with E-state index in [0.717, 1.165) is 12.8 Å². The lowest BCUT2D eigenvalue weighted by Crippen LogP contribution is -2.27. The Morgan fingerprint density at radius 1 is 0.609 bits per heavy atom. The Bertz CT molecular complexity index is 944. The summed E-state index contributed by atoms with van der Waals surface area (Å²) in [4.78, 5) is 0. The molecule has 0 spiro atoms. The zero-order valence-corrected chi connectivity index (χ0v) is 13.7. The Morgan fingerprint density at radius 3 is 2.17 bits per heavy atom. The Morgan fingerprint density at radius 2 is 1.30 bits per heavy atom. The normalized spacial score (nSPS) is 16.3. The van der Waals surface area contributed by atoms with Crippen LogP contribution in [0.3, 0.4) is 0 Å². The maximum absolute atomic E-state index is 2.48. The first-order valence-electron chi connectivity index (χ1n) is 8.47. The van der Waals surface area contributed by atoms with E-state index in [0.29, 0.717) is 0 Å². The summed E-state index contributed by atoms with van der Waals surface area (Å²) in [6, 6.07) is 22.8. The van der Waals surface area contributed by atoms with E-state index >= 15 is 0 Å². The molecule has 0 unspecified atom stereocenters. The van der Waals surface area contributed by atoms with Gasteiger partial charge in [-0.25, -0.2) is 0 Å². The summed E-state index contributed by atoms with van der Waals surface area (Å²) >= 11 is 0. The van der Waals surface area contributed by atoms with Gasteiger partial charge < -0.3 is 0 Å². The van der Waals surface area contributed by atoms with Crippen molar-refractivity contribution in [1.29, 1.82) is 0 Å². The second-order valence-electron chi connectivity index (χ2n) is 7.46. The maximum atomic E-state index is 2.48. The van der Waals surface area contributed by atoms with Crippen molar-refractivity contribution in [3.63, 3.8) is 0 Å². The molecule has 0 nitrogen and oxygen atoms in total. The van der Waals surface area contributed by atoms with E-state index in [-0.39, 0.29) is 5.41 Å². The van der Waals surface area contributed by atoms with Gasteiger partial charge in [-0.2, -0.15) is 0 Å². The van der Waals surface area contributed by atoms with E-state index in [2.05, 4.69) is 74.5 Å². The van der Waals surface area contributed by atoms with E-state index < -0.39 is 0 Å². The van der Waals surface area contributed by atoms with Gasteiger partial charge in [-0.15, -0.1) is 0 Å². The summed E-state index contributed by atoms with van der Waals surface area (Å²) in [5, 5.41) is 0. The SMILES string of the molecule is CC1(C)c2ccccc2Cc2cc3c(cc21)-c1ccccc1C3. The van der Waals surface area contributed by atoms with E-state index in [1.165, 1.54) is 44.5 Å². The Hall–Kier alpha value is -2.34. The number of rotatable bonds is 0. The standard InChI is InChI=1S/C23H20/c1-23(2)21-10-6-4-8-16(21)12-18-13-17-11-15-7-3-5-9-19(15)20(17)14-22(18)23/h3-10,13-14H,11-12H2,1-2H3. The molecule has 0 saturated heterocycles. The van der Waals surface area contributed by atoms with Gasteiger partial charge in [0.2, 0.25) is 0 Å². The minimum Gasteiger partial charge on any atom is -0.0620 e. The van der Waals surface area contributed by atoms with Crippen LogP contribution in [0, 0.1) is 0 Å². The Kier molecular flexibility index (Phi) is 2.48. The summed E-state index contributed by atoms with van der Waals surface area (Å²) in [6.45, 7) is 4.74. The molecule has 0 aromatic heterocycles. The van der Waals surface area contributed by atoms with Crippen LogP contribution in [-0.4, -0.2) is 0 Å². The molecule has 0 N–H and O–H groups in total. The van der Waals surface area contributed by atoms with Gasteiger partial charge in [0.15, 0.2) is 0 Å². The molecule has 2 aliphatic rings. The molecule has 23 heavy (non-hydrogen) atoms. The van der Waals surface area contributed by atoms with Gasteiger partial charge in [0.1, 0.15) is 0 Å². The molecule has 0 bridgehead atoms. The molecule has 0 radical (unpaired) electrons. The van der Waals surface area contributed by atoms with Crippen LogP contribution in [-0.2, 0) is 18.3 Å². The van der Waals surface area contributed by atoms with E-state index in [1.807, 2.05) is 0 Å². The van der Waals surface area contributed by atoms with Gasteiger partial charge in [-0.3, -0.25) is 0 Å². The molecule has 3 aromatic rings. The average Bonchev–Trinajstić information content (AvgIpc) is 2.91. The monoisotopic (exact) mass is 296 g/mol. The second kappa shape index (κ2) is 4.35. The largest absolute Gasteiger partial charge is 0.0620 e.